The molecule has 6 heteroatoms. The van der Waals surface area contributed by atoms with E-state index in [9.17, 15) is 18.1 Å². The van der Waals surface area contributed by atoms with Gasteiger partial charge < -0.3 is 9.66 Å². The summed E-state index contributed by atoms with van der Waals surface area (Å²) in [5.41, 5.74) is 0. The summed E-state index contributed by atoms with van der Waals surface area (Å²) >= 11 is 0. The molecule has 0 aromatic heterocycles. The Hall–Kier alpha value is 0.870. The summed E-state index contributed by atoms with van der Waals surface area (Å²) in [6.07, 6.45) is 16.0. The van der Waals surface area contributed by atoms with Crippen molar-refractivity contribution in [3.63, 3.8) is 0 Å². The Morgan fingerprint density at radius 1 is 0.692 bits per heavy atom. The molecule has 152 valence electrons. The topological polar surface area (TPSA) is 77.4 Å². The Kier molecular flexibility index (Phi) is 21.5. The van der Waals surface area contributed by atoms with Crippen LogP contribution in [0.1, 0.15) is 117 Å². The molecule has 0 aromatic carbocycles. The van der Waals surface area contributed by atoms with Crippen molar-refractivity contribution >= 4 is 10.1 Å². The van der Waals surface area contributed by atoms with Gasteiger partial charge in [-0.05, 0) is 25.7 Å². The molecule has 0 aliphatic heterocycles. The van der Waals surface area contributed by atoms with Crippen LogP contribution in [0.2, 0.25) is 0 Å². The van der Waals surface area contributed by atoms with Crippen molar-refractivity contribution in [2.24, 2.45) is 0 Å². The van der Waals surface area contributed by atoms with E-state index in [2.05, 4.69) is 6.92 Å². The zero-order valence-corrected chi connectivity index (χ0v) is 20.4. The molecule has 0 saturated carbocycles. The molecule has 0 fully saturated rings. The molecule has 0 radical (unpaired) electrons. The van der Waals surface area contributed by atoms with Gasteiger partial charge in [-0.2, -0.15) is 0 Å². The first-order valence-electron chi connectivity index (χ1n) is 10.5. The van der Waals surface area contributed by atoms with Crippen LogP contribution in [-0.4, -0.2) is 29.4 Å². The Balaban J connectivity index is 0. The molecular formula is C20H41NaO4S. The minimum absolute atomic E-state index is 0. The predicted octanol–water partition coefficient (Wildman–Crippen LogP) is 2.55. The van der Waals surface area contributed by atoms with Crippen molar-refractivity contribution in [3.8, 4) is 0 Å². The summed E-state index contributed by atoms with van der Waals surface area (Å²) in [5.74, 6) is 0. The van der Waals surface area contributed by atoms with Crippen molar-refractivity contribution in [2.75, 3.05) is 0 Å². The molecule has 1 N–H and O–H groups in total. The van der Waals surface area contributed by atoms with E-state index in [1.165, 1.54) is 38.5 Å². The van der Waals surface area contributed by atoms with Gasteiger partial charge in [0.25, 0.3) is 0 Å². The summed E-state index contributed by atoms with van der Waals surface area (Å²) < 4.78 is 33.4. The number of aliphatic hydroxyl groups is 1. The van der Waals surface area contributed by atoms with Gasteiger partial charge in [0.2, 0.25) is 0 Å². The maximum Gasteiger partial charge on any atom is 1.00 e. The third-order valence-corrected chi connectivity index (χ3v) is 6.26. The normalized spacial score (nSPS) is 14.0. The van der Waals surface area contributed by atoms with Gasteiger partial charge >= 0.3 is 29.6 Å². The van der Waals surface area contributed by atoms with Gasteiger partial charge in [0.15, 0.2) is 0 Å². The van der Waals surface area contributed by atoms with Crippen molar-refractivity contribution in [1.29, 1.82) is 0 Å². The Morgan fingerprint density at radius 3 is 1.54 bits per heavy atom. The van der Waals surface area contributed by atoms with Crippen LogP contribution in [0, 0.1) is 0 Å². The van der Waals surface area contributed by atoms with Crippen molar-refractivity contribution in [1.82, 2.24) is 0 Å². The van der Waals surface area contributed by atoms with Crippen LogP contribution in [0.25, 0.3) is 0 Å². The van der Waals surface area contributed by atoms with E-state index in [4.69, 9.17) is 0 Å². The minimum atomic E-state index is -4.12. The van der Waals surface area contributed by atoms with E-state index >= 15 is 0 Å². The average molecular weight is 401 g/mol. The zero-order valence-electron chi connectivity index (χ0n) is 17.5. The largest absolute Gasteiger partial charge is 1.00 e. The van der Waals surface area contributed by atoms with Crippen LogP contribution in [0.3, 0.4) is 0 Å². The van der Waals surface area contributed by atoms with Crippen molar-refractivity contribution in [3.05, 3.63) is 0 Å². The quantitative estimate of drug-likeness (QED) is 0.218. The second-order valence-electron chi connectivity index (χ2n) is 7.46. The van der Waals surface area contributed by atoms with Crippen LogP contribution in [0.5, 0.6) is 0 Å². The molecule has 0 rings (SSSR count). The molecule has 2 atom stereocenters. The first kappa shape index (κ1) is 29.1. The molecule has 0 saturated heterocycles. The second-order valence-corrected chi connectivity index (χ2v) is 9.11. The van der Waals surface area contributed by atoms with Crippen molar-refractivity contribution < 1.29 is 47.6 Å². The van der Waals surface area contributed by atoms with Crippen LogP contribution in [0.15, 0.2) is 0 Å². The molecule has 0 aliphatic carbocycles. The number of hydrogen-bond donors (Lipinski definition) is 1. The molecule has 0 spiro atoms. The number of hydrogen-bond acceptors (Lipinski definition) is 4. The minimum Gasteiger partial charge on any atom is -0.748 e. The van der Waals surface area contributed by atoms with Gasteiger partial charge in [-0.25, -0.2) is 8.42 Å². The summed E-state index contributed by atoms with van der Waals surface area (Å²) in [7, 11) is -4.12. The van der Waals surface area contributed by atoms with Gasteiger partial charge in [0.05, 0.1) is 16.2 Å². The Bertz CT molecular complexity index is 387. The first-order chi connectivity index (χ1) is 11.9. The van der Waals surface area contributed by atoms with Crippen LogP contribution in [-0.2, 0) is 10.1 Å². The smallest absolute Gasteiger partial charge is 0.748 e. The van der Waals surface area contributed by atoms with E-state index in [0.29, 0.717) is 12.8 Å². The van der Waals surface area contributed by atoms with Gasteiger partial charge in [-0.15, -0.1) is 0 Å². The van der Waals surface area contributed by atoms with Crippen LogP contribution in [0.4, 0.5) is 0 Å². The third kappa shape index (κ3) is 18.2. The Labute approximate surface area is 185 Å². The summed E-state index contributed by atoms with van der Waals surface area (Å²) in [6.45, 7) is 4.10. The van der Waals surface area contributed by atoms with Crippen LogP contribution < -0.4 is 29.6 Å². The maximum atomic E-state index is 11.1. The molecule has 2 unspecified atom stereocenters. The fourth-order valence-corrected chi connectivity index (χ4v) is 4.32. The van der Waals surface area contributed by atoms with Gasteiger partial charge in [0, 0.05) is 5.25 Å². The van der Waals surface area contributed by atoms with Crippen molar-refractivity contribution in [2.45, 2.75) is 128 Å². The first-order valence-corrected chi connectivity index (χ1v) is 12.0. The number of rotatable bonds is 18. The fraction of sp³-hybridized carbons (Fsp3) is 1.00. The standard InChI is InChI=1S/C20H42O4S.Na/c1-3-5-12-16-19(21)17-13-10-8-6-7-9-11-14-18-20(15-4-2)25(22,23)24;/h19-21H,3-18H2,1-2H3,(H,22,23,24);/q;+1/p-1. The zero-order chi connectivity index (χ0) is 19.0. The summed E-state index contributed by atoms with van der Waals surface area (Å²) in [4.78, 5) is 0. The van der Waals surface area contributed by atoms with E-state index < -0.39 is 15.4 Å². The second kappa shape index (κ2) is 19.2. The molecule has 0 heterocycles. The van der Waals surface area contributed by atoms with Crippen LogP contribution >= 0.6 is 0 Å². The predicted molar refractivity (Wildman–Crippen MR) is 105 cm³/mol. The average Bonchev–Trinajstić information content (AvgIpc) is 2.54. The molecular weight excluding hydrogens is 359 g/mol. The molecule has 0 bridgehead atoms. The number of aliphatic hydroxyl groups excluding tert-OH is 1. The van der Waals surface area contributed by atoms with E-state index in [-0.39, 0.29) is 35.7 Å². The number of unbranched alkanes of at least 4 members (excludes halogenated alkanes) is 9. The van der Waals surface area contributed by atoms with E-state index in [1.54, 1.807) is 0 Å². The maximum absolute atomic E-state index is 11.1. The van der Waals surface area contributed by atoms with Gasteiger partial charge in [0.1, 0.15) is 0 Å². The molecule has 4 nitrogen and oxygen atoms in total. The van der Waals surface area contributed by atoms with E-state index in [1.807, 2.05) is 6.92 Å². The fourth-order valence-electron chi connectivity index (χ4n) is 3.34. The SMILES string of the molecule is CCCCCC(O)CCCCCCCCCCC(CCC)S(=O)(=O)[O-].[Na+]. The third-order valence-electron chi connectivity index (χ3n) is 4.97. The molecule has 26 heavy (non-hydrogen) atoms. The Morgan fingerprint density at radius 2 is 1.12 bits per heavy atom. The monoisotopic (exact) mass is 400 g/mol. The van der Waals surface area contributed by atoms with Gasteiger partial charge in [-0.1, -0.05) is 90.9 Å². The summed E-state index contributed by atoms with van der Waals surface area (Å²) in [6, 6.07) is 0. The summed E-state index contributed by atoms with van der Waals surface area (Å²) in [5, 5.41) is 9.17. The molecule has 0 aromatic rings. The molecule has 0 aliphatic rings. The van der Waals surface area contributed by atoms with E-state index in [0.717, 1.165) is 51.4 Å². The van der Waals surface area contributed by atoms with Gasteiger partial charge in [-0.3, -0.25) is 0 Å². The molecule has 0 amide bonds.